The summed E-state index contributed by atoms with van der Waals surface area (Å²) in [5, 5.41) is 14.6. The zero-order chi connectivity index (χ0) is 33.5. The summed E-state index contributed by atoms with van der Waals surface area (Å²) in [4.78, 5) is 43.7. The summed E-state index contributed by atoms with van der Waals surface area (Å²) in [6.45, 7) is 4.92. The van der Waals surface area contributed by atoms with Crippen molar-refractivity contribution in [2.75, 3.05) is 37.7 Å². The highest BCUT2D eigenvalue weighted by atomic mass is 19.1. The molecule has 3 N–H and O–H groups in total. The van der Waals surface area contributed by atoms with Gasteiger partial charge in [-0.25, -0.2) is 13.6 Å². The van der Waals surface area contributed by atoms with Gasteiger partial charge >= 0.3 is 12.0 Å². The molecule has 0 unspecified atom stereocenters. The highest BCUT2D eigenvalue weighted by Crippen LogP contribution is 2.42. The number of carbonyl (C=O) groups is 2. The van der Waals surface area contributed by atoms with Crippen molar-refractivity contribution in [3.8, 4) is 17.3 Å². The lowest BCUT2D eigenvalue weighted by Gasteiger charge is -2.39. The van der Waals surface area contributed by atoms with Gasteiger partial charge in [-0.1, -0.05) is 13.0 Å². The van der Waals surface area contributed by atoms with Crippen molar-refractivity contribution >= 4 is 50.3 Å². The van der Waals surface area contributed by atoms with E-state index in [1.807, 2.05) is 17.9 Å². The van der Waals surface area contributed by atoms with Crippen molar-refractivity contribution in [1.29, 1.82) is 0 Å². The normalized spacial score (nSPS) is 22.1. The number of urea groups is 1. The zero-order valence-corrected chi connectivity index (χ0v) is 27.0. The number of imide groups is 1. The van der Waals surface area contributed by atoms with Crippen LogP contribution >= 0.6 is 0 Å². The molecule has 2 aromatic carbocycles. The van der Waals surface area contributed by atoms with E-state index in [1.54, 1.807) is 12.3 Å². The number of piperidine rings is 1. The third-order valence-electron chi connectivity index (χ3n) is 11.1. The number of amides is 3. The Hall–Kier alpha value is -4.98. The van der Waals surface area contributed by atoms with E-state index >= 15 is 8.78 Å². The lowest BCUT2D eigenvalue weighted by atomic mass is 9.89. The maximum atomic E-state index is 17.3. The first-order chi connectivity index (χ1) is 23.8. The van der Waals surface area contributed by atoms with E-state index in [2.05, 4.69) is 35.7 Å². The molecule has 0 saturated carbocycles. The minimum atomic E-state index is -1.14. The van der Waals surface area contributed by atoms with Crippen LogP contribution in [-0.4, -0.2) is 85.9 Å². The van der Waals surface area contributed by atoms with Crippen molar-refractivity contribution < 1.29 is 23.1 Å². The first-order valence-electron chi connectivity index (χ1n) is 17.0. The molecule has 12 nitrogen and oxygen atoms in total. The number of anilines is 1. The van der Waals surface area contributed by atoms with E-state index in [0.717, 1.165) is 44.2 Å². The minimum Gasteiger partial charge on any atom is -0.461 e. The molecule has 4 saturated heterocycles. The van der Waals surface area contributed by atoms with Crippen molar-refractivity contribution in [2.24, 2.45) is 0 Å². The highest BCUT2D eigenvalue weighted by molar-refractivity contribution is 6.13. The van der Waals surface area contributed by atoms with Gasteiger partial charge in [0.25, 0.3) is 5.91 Å². The summed E-state index contributed by atoms with van der Waals surface area (Å²) in [6, 6.07) is 4.47. The maximum absolute atomic E-state index is 17.3. The van der Waals surface area contributed by atoms with Gasteiger partial charge < -0.3 is 15.0 Å². The average molecular weight is 668 g/mol. The van der Waals surface area contributed by atoms with Gasteiger partial charge in [-0.15, -0.1) is 0 Å². The van der Waals surface area contributed by atoms with E-state index < -0.39 is 23.3 Å². The van der Waals surface area contributed by atoms with Crippen LogP contribution in [-0.2, 0) is 11.2 Å². The van der Waals surface area contributed by atoms with Crippen LogP contribution in [0.4, 0.5) is 19.4 Å². The number of hydrogen-bond acceptors (Lipinski definition) is 9. The van der Waals surface area contributed by atoms with Crippen LogP contribution in [0.5, 0.6) is 6.01 Å². The number of hydrogen-bond donors (Lipinski definition) is 3. The van der Waals surface area contributed by atoms with Gasteiger partial charge in [0.1, 0.15) is 35.0 Å². The maximum Gasteiger partial charge on any atom is 0.322 e. The number of benzene rings is 2. The molecule has 4 aliphatic rings. The molecule has 1 atom stereocenters. The number of nitrogens with zero attached hydrogens (tertiary/aromatic N) is 6. The van der Waals surface area contributed by atoms with Gasteiger partial charge in [-0.05, 0) is 86.5 Å². The fourth-order valence-electron chi connectivity index (χ4n) is 8.76. The smallest absolute Gasteiger partial charge is 0.322 e. The molecule has 4 aliphatic heterocycles. The first-order valence-corrected chi connectivity index (χ1v) is 17.0. The number of rotatable bonds is 6. The van der Waals surface area contributed by atoms with E-state index in [9.17, 15) is 9.59 Å². The molecule has 252 valence electrons. The van der Waals surface area contributed by atoms with Crippen molar-refractivity contribution in [3.05, 3.63) is 47.8 Å². The molecular weight excluding hydrogens is 632 g/mol. The molecular formula is C35H35F2N9O3. The van der Waals surface area contributed by atoms with Crippen LogP contribution in [0, 0.1) is 11.6 Å². The van der Waals surface area contributed by atoms with Gasteiger partial charge in [-0.2, -0.15) is 15.1 Å². The molecule has 49 heavy (non-hydrogen) atoms. The quantitative estimate of drug-likeness (QED) is 0.219. The summed E-state index contributed by atoms with van der Waals surface area (Å²) in [6.07, 6.45) is 8.77. The second kappa shape index (κ2) is 11.0. The lowest BCUT2D eigenvalue weighted by molar-refractivity contribution is -0.124. The summed E-state index contributed by atoms with van der Waals surface area (Å²) < 4.78 is 38.9. The summed E-state index contributed by atoms with van der Waals surface area (Å²) >= 11 is 0. The minimum absolute atomic E-state index is 0.000156. The fraction of sp³-hybridized carbons (Fsp3) is 0.429. The number of H-pyrrole nitrogens is 1. The second-order valence-electron chi connectivity index (χ2n) is 13.8. The number of pyridine rings is 1. The van der Waals surface area contributed by atoms with Crippen LogP contribution in [0.15, 0.2) is 30.6 Å². The molecule has 9 rings (SSSR count). The SMILES string of the molecule is CCc1c(F)ccc2cc3[nH]ncc3c(-c3ncc4c(N5CCC[C@]6(C5)NC(=O)NC6=O)nc(OCC56CCCN5CCC6)nc4c3F)c12. The summed E-state index contributed by atoms with van der Waals surface area (Å²) in [5.74, 6) is -1.11. The predicted octanol–water partition coefficient (Wildman–Crippen LogP) is 4.75. The first kappa shape index (κ1) is 30.1. The Bertz CT molecular complexity index is 2200. The summed E-state index contributed by atoms with van der Waals surface area (Å²) in [5.41, 5.74) is 0.318. The van der Waals surface area contributed by atoms with Crippen LogP contribution in [0.3, 0.4) is 0 Å². The molecule has 4 fully saturated rings. The average Bonchev–Trinajstić information content (AvgIpc) is 3.87. The Morgan fingerprint density at radius 3 is 2.59 bits per heavy atom. The van der Waals surface area contributed by atoms with E-state index in [0.29, 0.717) is 71.0 Å². The topological polar surface area (TPSA) is 141 Å². The number of nitrogens with one attached hydrogen (secondary N) is 3. The van der Waals surface area contributed by atoms with Crippen LogP contribution in [0.2, 0.25) is 0 Å². The number of carbonyl (C=O) groups excluding carboxylic acids is 2. The highest BCUT2D eigenvalue weighted by Gasteiger charge is 2.49. The van der Waals surface area contributed by atoms with Crippen molar-refractivity contribution in [3.63, 3.8) is 0 Å². The van der Waals surface area contributed by atoms with Gasteiger partial charge in [0.05, 0.1) is 29.2 Å². The van der Waals surface area contributed by atoms with Crippen LogP contribution < -0.4 is 20.3 Å². The molecule has 0 radical (unpaired) electrons. The molecule has 0 aliphatic carbocycles. The van der Waals surface area contributed by atoms with Gasteiger partial charge in [0.2, 0.25) is 0 Å². The molecule has 5 aromatic rings. The number of aryl methyl sites for hydroxylation is 1. The molecule has 1 spiro atoms. The fourth-order valence-corrected chi connectivity index (χ4v) is 8.76. The predicted molar refractivity (Wildman–Crippen MR) is 178 cm³/mol. The Morgan fingerprint density at radius 2 is 1.82 bits per heavy atom. The summed E-state index contributed by atoms with van der Waals surface area (Å²) in [7, 11) is 0. The molecule has 7 heterocycles. The standard InChI is InChI=1S/C35H35F2N9O3/c1-2-20-23(36)7-6-19-14-24-21(16-39-44-24)26(25(19)20)29-27(37)28-22(15-38-29)30(45-11-5-10-35(17-45)31(47)42-32(48)43-35)41-33(40-28)49-18-34-8-3-12-46(34)13-4-9-34/h6-7,14-16H,2-5,8-13,17-18H2,1H3,(H,39,44)(H2,42,43,47,48)/t35-/m1/s1. The third kappa shape index (κ3) is 4.56. The third-order valence-corrected chi connectivity index (χ3v) is 11.1. The number of ether oxygens (including phenoxy) is 1. The molecule has 14 heteroatoms. The molecule has 3 amide bonds. The molecule has 3 aromatic heterocycles. The van der Waals surface area contributed by atoms with Crippen LogP contribution in [0.25, 0.3) is 43.8 Å². The number of aromatic amines is 1. The van der Waals surface area contributed by atoms with Crippen molar-refractivity contribution in [1.82, 2.24) is 40.7 Å². The lowest BCUT2D eigenvalue weighted by Crippen LogP contribution is -2.58. The Labute approximate surface area is 279 Å². The Morgan fingerprint density at radius 1 is 1.00 bits per heavy atom. The van der Waals surface area contributed by atoms with Gasteiger partial charge in [0, 0.05) is 23.7 Å². The largest absolute Gasteiger partial charge is 0.461 e. The van der Waals surface area contributed by atoms with Crippen LogP contribution in [0.1, 0.15) is 51.0 Å². The number of fused-ring (bicyclic) bond motifs is 4. The van der Waals surface area contributed by atoms with E-state index in [1.165, 1.54) is 12.3 Å². The second-order valence-corrected chi connectivity index (χ2v) is 13.8. The Balaban J connectivity index is 1.23. The van der Waals surface area contributed by atoms with E-state index in [-0.39, 0.29) is 35.1 Å². The monoisotopic (exact) mass is 667 g/mol. The number of aromatic nitrogens is 5. The molecule has 0 bridgehead atoms. The van der Waals surface area contributed by atoms with Gasteiger partial charge in [-0.3, -0.25) is 25.1 Å². The van der Waals surface area contributed by atoms with Crippen molar-refractivity contribution in [2.45, 2.75) is 62.9 Å². The zero-order valence-electron chi connectivity index (χ0n) is 27.0. The van der Waals surface area contributed by atoms with Gasteiger partial charge in [0.15, 0.2) is 5.82 Å². The number of halogens is 2. The van der Waals surface area contributed by atoms with E-state index in [4.69, 9.17) is 9.72 Å². The Kier molecular flexibility index (Phi) is 6.77.